The van der Waals surface area contributed by atoms with Crippen LogP contribution < -0.4 is 0 Å². The van der Waals surface area contributed by atoms with Gasteiger partial charge in [-0.05, 0) is 43.0 Å². The smallest absolute Gasteiger partial charge is 0.222 e. The van der Waals surface area contributed by atoms with Crippen LogP contribution in [0.25, 0.3) is 0 Å². The molecule has 0 saturated carbocycles. The van der Waals surface area contributed by atoms with E-state index in [2.05, 4.69) is 18.7 Å². The maximum atomic E-state index is 13.0. The minimum absolute atomic E-state index is 0.188. The average Bonchev–Trinajstić information content (AvgIpc) is 2.53. The Hall–Kier alpha value is -1.42. The minimum Gasteiger partial charge on any atom is -0.341 e. The zero-order valence-electron chi connectivity index (χ0n) is 13.7. The van der Waals surface area contributed by atoms with Crippen molar-refractivity contribution in [1.29, 1.82) is 0 Å². The molecule has 122 valence electrons. The summed E-state index contributed by atoms with van der Waals surface area (Å²) in [4.78, 5) is 16.2. The first-order valence-corrected chi connectivity index (χ1v) is 8.35. The van der Waals surface area contributed by atoms with Crippen LogP contribution in [0.1, 0.15) is 44.6 Å². The Labute approximate surface area is 133 Å². The molecule has 1 aromatic rings. The summed E-state index contributed by atoms with van der Waals surface area (Å²) in [6, 6.07) is 6.77. The molecule has 0 spiro atoms. The van der Waals surface area contributed by atoms with Crippen molar-refractivity contribution < 1.29 is 9.18 Å². The molecule has 1 aromatic carbocycles. The zero-order valence-corrected chi connectivity index (χ0v) is 13.7. The van der Waals surface area contributed by atoms with Gasteiger partial charge in [-0.25, -0.2) is 4.39 Å². The van der Waals surface area contributed by atoms with Crippen molar-refractivity contribution in [2.75, 3.05) is 32.7 Å². The molecular formula is C18H27FN2O. The largest absolute Gasteiger partial charge is 0.341 e. The van der Waals surface area contributed by atoms with Crippen LogP contribution in [0.5, 0.6) is 0 Å². The molecule has 22 heavy (non-hydrogen) atoms. The van der Waals surface area contributed by atoms with Crippen molar-refractivity contribution >= 4 is 5.91 Å². The third-order valence-electron chi connectivity index (χ3n) is 4.53. The van der Waals surface area contributed by atoms with Gasteiger partial charge in [0.05, 0.1) is 0 Å². The van der Waals surface area contributed by atoms with Gasteiger partial charge in [0.2, 0.25) is 5.91 Å². The molecule has 3 nitrogen and oxygen atoms in total. The molecule has 1 aliphatic rings. The molecule has 2 rings (SSSR count). The van der Waals surface area contributed by atoms with Gasteiger partial charge in [-0.3, -0.25) is 4.79 Å². The topological polar surface area (TPSA) is 23.6 Å². The first kappa shape index (κ1) is 16.9. The second-order valence-corrected chi connectivity index (χ2v) is 6.18. The molecule has 0 aliphatic carbocycles. The third kappa shape index (κ3) is 4.80. The fourth-order valence-corrected chi connectivity index (χ4v) is 3.02. The molecule has 0 aromatic heterocycles. The zero-order chi connectivity index (χ0) is 15.9. The molecule has 0 N–H and O–H groups in total. The van der Waals surface area contributed by atoms with Crippen molar-refractivity contribution in [2.45, 2.75) is 39.0 Å². The average molecular weight is 306 g/mol. The Morgan fingerprint density at radius 3 is 2.64 bits per heavy atom. The summed E-state index contributed by atoms with van der Waals surface area (Å²) in [5.74, 6) is 0.471. The number of likely N-dealkylation sites (tertiary alicyclic amines) is 1. The summed E-state index contributed by atoms with van der Waals surface area (Å²) in [6.45, 7) is 8.86. The summed E-state index contributed by atoms with van der Waals surface area (Å²) in [5.41, 5.74) is 1.16. The predicted molar refractivity (Wildman–Crippen MR) is 87.4 cm³/mol. The highest BCUT2D eigenvalue weighted by molar-refractivity contribution is 5.76. The SMILES string of the molecule is CCN(CCN1CCCCC1=O)CC(C)c1ccc(F)cc1. The molecule has 4 heteroatoms. The molecule has 1 heterocycles. The Balaban J connectivity index is 1.83. The van der Waals surface area contributed by atoms with Gasteiger partial charge in [0.15, 0.2) is 0 Å². The van der Waals surface area contributed by atoms with E-state index in [0.29, 0.717) is 18.2 Å². The number of halogens is 1. The standard InChI is InChI=1S/C18H27FN2O/c1-3-20(12-13-21-11-5-4-6-18(21)22)14-15(2)16-7-9-17(19)10-8-16/h7-10,15H,3-6,11-14H2,1-2H3. The van der Waals surface area contributed by atoms with E-state index in [0.717, 1.165) is 51.1 Å². The van der Waals surface area contributed by atoms with Gasteiger partial charge in [-0.15, -0.1) is 0 Å². The van der Waals surface area contributed by atoms with Crippen LogP contribution in [-0.4, -0.2) is 48.4 Å². The second kappa shape index (κ2) is 8.28. The van der Waals surface area contributed by atoms with Crippen molar-refractivity contribution in [2.24, 2.45) is 0 Å². The molecule has 1 amide bonds. The Bertz CT molecular complexity index is 474. The lowest BCUT2D eigenvalue weighted by Crippen LogP contribution is -2.41. The number of rotatable bonds is 7. The Morgan fingerprint density at radius 2 is 2.00 bits per heavy atom. The molecule has 0 radical (unpaired) electrons. The normalized spacial score (nSPS) is 17.1. The highest BCUT2D eigenvalue weighted by Crippen LogP contribution is 2.17. The number of benzene rings is 1. The first-order chi connectivity index (χ1) is 10.6. The highest BCUT2D eigenvalue weighted by Gasteiger charge is 2.19. The van der Waals surface area contributed by atoms with Crippen LogP contribution in [0, 0.1) is 5.82 Å². The highest BCUT2D eigenvalue weighted by atomic mass is 19.1. The number of piperidine rings is 1. The van der Waals surface area contributed by atoms with E-state index < -0.39 is 0 Å². The van der Waals surface area contributed by atoms with Crippen LogP contribution in [0.2, 0.25) is 0 Å². The first-order valence-electron chi connectivity index (χ1n) is 8.35. The van der Waals surface area contributed by atoms with E-state index in [1.807, 2.05) is 17.0 Å². The van der Waals surface area contributed by atoms with Gasteiger partial charge in [0, 0.05) is 32.6 Å². The van der Waals surface area contributed by atoms with Gasteiger partial charge in [-0.1, -0.05) is 26.0 Å². The van der Waals surface area contributed by atoms with Crippen molar-refractivity contribution in [3.63, 3.8) is 0 Å². The van der Waals surface area contributed by atoms with Crippen LogP contribution >= 0.6 is 0 Å². The predicted octanol–water partition coefficient (Wildman–Crippen LogP) is 3.26. The minimum atomic E-state index is -0.188. The van der Waals surface area contributed by atoms with Crippen molar-refractivity contribution in [3.05, 3.63) is 35.6 Å². The number of nitrogens with zero attached hydrogens (tertiary/aromatic N) is 2. The maximum absolute atomic E-state index is 13.0. The summed E-state index contributed by atoms with van der Waals surface area (Å²) in [7, 11) is 0. The number of hydrogen-bond acceptors (Lipinski definition) is 2. The van der Waals surface area contributed by atoms with Gasteiger partial charge < -0.3 is 9.80 Å². The van der Waals surface area contributed by atoms with E-state index in [9.17, 15) is 9.18 Å². The molecule has 1 saturated heterocycles. The van der Waals surface area contributed by atoms with Gasteiger partial charge >= 0.3 is 0 Å². The summed E-state index contributed by atoms with van der Waals surface area (Å²) >= 11 is 0. The fourth-order valence-electron chi connectivity index (χ4n) is 3.02. The molecule has 1 fully saturated rings. The summed E-state index contributed by atoms with van der Waals surface area (Å²) < 4.78 is 13.0. The molecule has 1 aliphatic heterocycles. The molecule has 0 bridgehead atoms. The van der Waals surface area contributed by atoms with Crippen LogP contribution in [0.3, 0.4) is 0 Å². The van der Waals surface area contributed by atoms with Gasteiger partial charge in [0.1, 0.15) is 5.82 Å². The van der Waals surface area contributed by atoms with E-state index in [-0.39, 0.29) is 5.82 Å². The molecule has 1 unspecified atom stereocenters. The lowest BCUT2D eigenvalue weighted by molar-refractivity contribution is -0.133. The van der Waals surface area contributed by atoms with E-state index >= 15 is 0 Å². The Kier molecular flexibility index (Phi) is 6.37. The lowest BCUT2D eigenvalue weighted by Gasteiger charge is -2.31. The van der Waals surface area contributed by atoms with Crippen LogP contribution in [0.15, 0.2) is 24.3 Å². The Morgan fingerprint density at radius 1 is 1.27 bits per heavy atom. The monoisotopic (exact) mass is 306 g/mol. The van der Waals surface area contributed by atoms with E-state index in [1.54, 1.807) is 0 Å². The molecular weight excluding hydrogens is 279 g/mol. The van der Waals surface area contributed by atoms with E-state index in [4.69, 9.17) is 0 Å². The van der Waals surface area contributed by atoms with Crippen LogP contribution in [0.4, 0.5) is 4.39 Å². The number of hydrogen-bond donors (Lipinski definition) is 0. The van der Waals surface area contributed by atoms with Crippen molar-refractivity contribution in [1.82, 2.24) is 9.80 Å². The van der Waals surface area contributed by atoms with Crippen LogP contribution in [-0.2, 0) is 4.79 Å². The van der Waals surface area contributed by atoms with Gasteiger partial charge in [-0.2, -0.15) is 0 Å². The fraction of sp³-hybridized carbons (Fsp3) is 0.611. The third-order valence-corrected chi connectivity index (χ3v) is 4.53. The maximum Gasteiger partial charge on any atom is 0.222 e. The van der Waals surface area contributed by atoms with E-state index in [1.165, 1.54) is 12.1 Å². The summed E-state index contributed by atoms with van der Waals surface area (Å²) in [6.07, 6.45) is 2.87. The quantitative estimate of drug-likeness (QED) is 0.772. The van der Waals surface area contributed by atoms with Crippen molar-refractivity contribution in [3.8, 4) is 0 Å². The second-order valence-electron chi connectivity index (χ2n) is 6.18. The number of carbonyl (C=O) groups is 1. The number of carbonyl (C=O) groups excluding carboxylic acids is 1. The lowest BCUT2D eigenvalue weighted by atomic mass is 10.0. The number of likely N-dealkylation sites (N-methyl/N-ethyl adjacent to an activating group) is 1. The van der Waals surface area contributed by atoms with Gasteiger partial charge in [0.25, 0.3) is 0 Å². The summed E-state index contributed by atoms with van der Waals surface area (Å²) in [5, 5.41) is 0. The number of amides is 1. The molecule has 1 atom stereocenters.